The first-order chi connectivity index (χ1) is 10.6. The molecule has 0 saturated carbocycles. The maximum Gasteiger partial charge on any atom is 0.326 e. The molecule has 0 radical (unpaired) electrons. The summed E-state index contributed by atoms with van der Waals surface area (Å²) in [7, 11) is 1.60. The summed E-state index contributed by atoms with van der Waals surface area (Å²) < 4.78 is 5.27. The number of carbonyl (C=O) groups is 2. The lowest BCUT2D eigenvalue weighted by Gasteiger charge is -2.38. The largest absolute Gasteiger partial charge is 0.496 e. The zero-order valence-electron chi connectivity index (χ0n) is 12.8. The summed E-state index contributed by atoms with van der Waals surface area (Å²) in [6, 6.07) is 4.59. The van der Waals surface area contributed by atoms with Gasteiger partial charge in [-0.3, -0.25) is 4.79 Å². The Kier molecular flexibility index (Phi) is 6.81. The van der Waals surface area contributed by atoms with Gasteiger partial charge in [0.05, 0.1) is 7.11 Å². The molecule has 1 amide bonds. The van der Waals surface area contributed by atoms with Crippen LogP contribution in [0.5, 0.6) is 5.75 Å². The zero-order chi connectivity index (χ0) is 16.7. The van der Waals surface area contributed by atoms with E-state index in [0.717, 1.165) is 24.2 Å². The molecular formula is C15H22N2O5. The van der Waals surface area contributed by atoms with E-state index < -0.39 is 12.0 Å². The average molecular weight is 310 g/mol. The van der Waals surface area contributed by atoms with Crippen molar-refractivity contribution in [2.24, 2.45) is 5.90 Å². The van der Waals surface area contributed by atoms with Crippen LogP contribution in [0.3, 0.4) is 0 Å². The zero-order valence-corrected chi connectivity index (χ0v) is 12.8. The molecule has 0 aliphatic carbocycles. The molecule has 0 spiro atoms. The molecule has 2 rings (SSSR count). The number of aliphatic carboxylic acids is 1. The van der Waals surface area contributed by atoms with Gasteiger partial charge in [0.15, 0.2) is 0 Å². The Morgan fingerprint density at radius 2 is 2.09 bits per heavy atom. The number of carbonyl (C=O) groups excluding carboxylic acids is 1. The Labute approximate surface area is 129 Å². The van der Waals surface area contributed by atoms with Crippen LogP contribution in [0.25, 0.3) is 0 Å². The highest BCUT2D eigenvalue weighted by Gasteiger charge is 2.37. The Bertz CT molecular complexity index is 533. The molecule has 4 N–H and O–H groups in total. The van der Waals surface area contributed by atoms with E-state index in [-0.39, 0.29) is 5.91 Å². The van der Waals surface area contributed by atoms with Crippen LogP contribution in [0.4, 0.5) is 0 Å². The molecule has 1 fully saturated rings. The first kappa shape index (κ1) is 17.9. The van der Waals surface area contributed by atoms with Gasteiger partial charge >= 0.3 is 5.97 Å². The summed E-state index contributed by atoms with van der Waals surface area (Å²) in [4.78, 5) is 24.7. The lowest BCUT2D eigenvalue weighted by atomic mass is 9.99. The lowest BCUT2D eigenvalue weighted by molar-refractivity contribution is -0.146. The molecule has 1 saturated heterocycles. The molecular weight excluding hydrogens is 288 g/mol. The van der Waals surface area contributed by atoms with Crippen molar-refractivity contribution in [3.8, 4) is 5.75 Å². The van der Waals surface area contributed by atoms with Gasteiger partial charge in [-0.05, 0) is 36.6 Å². The number of carboxylic acids is 1. The van der Waals surface area contributed by atoms with Crippen molar-refractivity contribution in [3.63, 3.8) is 0 Å². The van der Waals surface area contributed by atoms with E-state index in [1.807, 2.05) is 6.07 Å². The number of nitrogens with two attached hydrogens (primary N) is 1. The highest BCUT2D eigenvalue weighted by Crippen LogP contribution is 2.25. The molecule has 0 bridgehead atoms. The number of hydrogen-bond acceptors (Lipinski definition) is 5. The molecule has 7 heteroatoms. The summed E-state index contributed by atoms with van der Waals surface area (Å²) in [6.07, 6.45) is 2.31. The summed E-state index contributed by atoms with van der Waals surface area (Å²) >= 11 is 0. The predicted molar refractivity (Wildman–Crippen MR) is 80.0 cm³/mol. The van der Waals surface area contributed by atoms with Gasteiger partial charge in [-0.15, -0.1) is 0 Å². The normalized spacial score (nSPS) is 16.2. The third kappa shape index (κ3) is 3.75. The van der Waals surface area contributed by atoms with Crippen LogP contribution in [0.1, 0.15) is 35.7 Å². The summed E-state index contributed by atoms with van der Waals surface area (Å²) in [5, 5.41) is 15.5. The van der Waals surface area contributed by atoms with Crippen molar-refractivity contribution in [1.29, 1.82) is 0 Å². The maximum absolute atomic E-state index is 12.3. The monoisotopic (exact) mass is 310 g/mol. The topological polar surface area (TPSA) is 113 Å². The Balaban J connectivity index is 0.00000116. The molecule has 1 aliphatic rings. The molecule has 1 heterocycles. The summed E-state index contributed by atoms with van der Waals surface area (Å²) in [5.41, 5.74) is 1.51. The van der Waals surface area contributed by atoms with Crippen LogP contribution in [-0.2, 0) is 11.2 Å². The average Bonchev–Trinajstić information content (AvgIpc) is 2.47. The van der Waals surface area contributed by atoms with Crippen molar-refractivity contribution in [1.82, 2.24) is 4.90 Å². The third-order valence-corrected chi connectivity index (χ3v) is 3.61. The van der Waals surface area contributed by atoms with Crippen molar-refractivity contribution in [3.05, 3.63) is 29.3 Å². The second kappa shape index (κ2) is 8.35. The number of ether oxygens (including phenoxy) is 1. The van der Waals surface area contributed by atoms with Crippen LogP contribution in [0, 0.1) is 0 Å². The van der Waals surface area contributed by atoms with E-state index in [4.69, 9.17) is 15.1 Å². The molecule has 0 aromatic heterocycles. The van der Waals surface area contributed by atoms with Crippen LogP contribution < -0.4 is 10.6 Å². The maximum atomic E-state index is 12.3. The quantitative estimate of drug-likeness (QED) is 0.706. The number of aryl methyl sites for hydroxylation is 1. The summed E-state index contributed by atoms with van der Waals surface area (Å²) in [6.45, 7) is 2.56. The van der Waals surface area contributed by atoms with Gasteiger partial charge in [-0.25, -0.2) is 10.7 Å². The van der Waals surface area contributed by atoms with E-state index in [1.165, 1.54) is 4.90 Å². The number of benzene rings is 1. The van der Waals surface area contributed by atoms with Crippen molar-refractivity contribution in [2.45, 2.75) is 32.2 Å². The van der Waals surface area contributed by atoms with Gasteiger partial charge in [0.1, 0.15) is 11.8 Å². The molecule has 122 valence electrons. The minimum Gasteiger partial charge on any atom is -0.496 e. The standard InChI is InChI=1S/C15H19NO4.H3NO/c1-3-4-10-9-11(5-6-13(10)20-2)14(17)16-8-7-12(16)15(18)19;1-2/h5-6,9,12H,3-4,7-8H2,1-2H3,(H,18,19);2H,1H2/t12-;/m1./s1. The van der Waals surface area contributed by atoms with Crippen LogP contribution >= 0.6 is 0 Å². The van der Waals surface area contributed by atoms with Gasteiger partial charge in [-0.2, -0.15) is 0 Å². The lowest BCUT2D eigenvalue weighted by Crippen LogP contribution is -2.55. The van der Waals surface area contributed by atoms with E-state index in [1.54, 1.807) is 19.2 Å². The second-order valence-electron chi connectivity index (χ2n) is 4.92. The van der Waals surface area contributed by atoms with Crippen molar-refractivity contribution < 1.29 is 24.6 Å². The number of likely N-dealkylation sites (tertiary alicyclic amines) is 1. The molecule has 22 heavy (non-hydrogen) atoms. The smallest absolute Gasteiger partial charge is 0.326 e. The molecule has 7 nitrogen and oxygen atoms in total. The van der Waals surface area contributed by atoms with Crippen LogP contribution in [0.2, 0.25) is 0 Å². The molecule has 1 atom stereocenters. The van der Waals surface area contributed by atoms with E-state index in [0.29, 0.717) is 18.5 Å². The van der Waals surface area contributed by atoms with E-state index in [2.05, 4.69) is 12.8 Å². The minimum atomic E-state index is -0.938. The number of nitrogens with zero attached hydrogens (tertiary/aromatic N) is 1. The SMILES string of the molecule is CCCc1cc(C(=O)N2CC[C@@H]2C(=O)O)ccc1OC.NO. The third-order valence-electron chi connectivity index (χ3n) is 3.61. The van der Waals surface area contributed by atoms with Gasteiger partial charge in [-0.1, -0.05) is 13.3 Å². The first-order valence-electron chi connectivity index (χ1n) is 7.05. The number of amides is 1. The van der Waals surface area contributed by atoms with E-state index in [9.17, 15) is 9.59 Å². The number of carboxylic acid groups (broad SMARTS) is 1. The molecule has 1 aromatic carbocycles. The van der Waals surface area contributed by atoms with Crippen molar-refractivity contribution in [2.75, 3.05) is 13.7 Å². The Morgan fingerprint density at radius 3 is 2.55 bits per heavy atom. The van der Waals surface area contributed by atoms with Gasteiger partial charge in [0.25, 0.3) is 5.91 Å². The first-order valence-corrected chi connectivity index (χ1v) is 7.05. The van der Waals surface area contributed by atoms with Crippen molar-refractivity contribution >= 4 is 11.9 Å². The summed E-state index contributed by atoms with van der Waals surface area (Å²) in [5.74, 6) is 3.11. The van der Waals surface area contributed by atoms with Gasteiger partial charge < -0.3 is 20.0 Å². The fraction of sp³-hybridized carbons (Fsp3) is 0.467. The molecule has 0 unspecified atom stereocenters. The van der Waals surface area contributed by atoms with E-state index >= 15 is 0 Å². The Morgan fingerprint density at radius 1 is 1.41 bits per heavy atom. The minimum absolute atomic E-state index is 0.219. The molecule has 1 aromatic rings. The fourth-order valence-electron chi connectivity index (χ4n) is 2.43. The number of methoxy groups -OCH3 is 1. The fourth-order valence-corrected chi connectivity index (χ4v) is 2.43. The predicted octanol–water partition coefficient (Wildman–Crippen LogP) is 1.28. The number of hydrogen-bond donors (Lipinski definition) is 3. The second-order valence-corrected chi connectivity index (χ2v) is 4.92. The van der Waals surface area contributed by atoms with Gasteiger partial charge in [0, 0.05) is 12.1 Å². The van der Waals surface area contributed by atoms with Crippen LogP contribution in [0.15, 0.2) is 18.2 Å². The van der Waals surface area contributed by atoms with Crippen LogP contribution in [-0.4, -0.2) is 46.8 Å². The highest BCUT2D eigenvalue weighted by atomic mass is 16.5. The highest BCUT2D eigenvalue weighted by molar-refractivity contribution is 5.97. The number of rotatable bonds is 5. The van der Waals surface area contributed by atoms with Gasteiger partial charge in [0.2, 0.25) is 0 Å². The Hall–Kier alpha value is -2.12. The molecule has 1 aliphatic heterocycles.